The highest BCUT2D eigenvalue weighted by Crippen LogP contribution is 2.18. The summed E-state index contributed by atoms with van der Waals surface area (Å²) >= 11 is 2.71. The number of sulfonamides is 1. The molecule has 5 nitrogen and oxygen atoms in total. The first-order valence-electron chi connectivity index (χ1n) is 5.17. The van der Waals surface area contributed by atoms with E-state index in [1.54, 1.807) is 5.51 Å². The van der Waals surface area contributed by atoms with Crippen LogP contribution in [0.5, 0.6) is 0 Å². The predicted molar refractivity (Wildman–Crippen MR) is 71.2 cm³/mol. The Bertz CT molecular complexity index is 590. The summed E-state index contributed by atoms with van der Waals surface area (Å²) in [7, 11) is -3.48. The monoisotopic (exact) mass is 304 g/mol. The van der Waals surface area contributed by atoms with Crippen molar-refractivity contribution in [1.29, 1.82) is 0 Å². The van der Waals surface area contributed by atoms with Gasteiger partial charge in [0.15, 0.2) is 0 Å². The summed E-state index contributed by atoms with van der Waals surface area (Å²) in [6, 6.07) is 1.48. The summed E-state index contributed by atoms with van der Waals surface area (Å²) in [4.78, 5) is 4.92. The predicted octanol–water partition coefficient (Wildman–Crippen LogP) is 1.22. The highest BCUT2D eigenvalue weighted by Gasteiger charge is 2.15. The van der Waals surface area contributed by atoms with E-state index in [9.17, 15) is 8.42 Å². The van der Waals surface area contributed by atoms with E-state index in [0.29, 0.717) is 17.8 Å². The Kier molecular flexibility index (Phi) is 4.46. The Balaban J connectivity index is 1.95. The molecule has 2 aromatic heterocycles. The number of aliphatic hydroxyl groups excluding tert-OH is 1. The van der Waals surface area contributed by atoms with Crippen LogP contribution < -0.4 is 4.72 Å². The number of hydrogen-bond acceptors (Lipinski definition) is 6. The maximum absolute atomic E-state index is 11.9. The summed E-state index contributed by atoms with van der Waals surface area (Å²) in [5.41, 5.74) is 2.60. The molecule has 2 heterocycles. The second kappa shape index (κ2) is 5.89. The first-order valence-corrected chi connectivity index (χ1v) is 8.47. The van der Waals surface area contributed by atoms with Gasteiger partial charge in [0.1, 0.15) is 0 Å². The topological polar surface area (TPSA) is 79.3 Å². The lowest BCUT2D eigenvalue weighted by molar-refractivity contribution is 0.285. The normalized spacial score (nSPS) is 11.8. The average Bonchev–Trinajstić information content (AvgIpc) is 2.99. The van der Waals surface area contributed by atoms with Gasteiger partial charge in [-0.3, -0.25) is 0 Å². The van der Waals surface area contributed by atoms with E-state index in [1.165, 1.54) is 34.1 Å². The zero-order valence-corrected chi connectivity index (χ0v) is 11.8. The fourth-order valence-electron chi connectivity index (χ4n) is 1.34. The zero-order chi connectivity index (χ0) is 13.0. The standard InChI is InChI=1S/C10H12N2O3S3/c13-4-9-3-10(6-17-9)18(14,15)12-2-1-8-5-16-7-11-8/h3,5-7,12-13H,1-2,4H2. The number of nitrogens with one attached hydrogen (secondary N) is 1. The quantitative estimate of drug-likeness (QED) is 0.841. The van der Waals surface area contributed by atoms with Gasteiger partial charge in [-0.15, -0.1) is 22.7 Å². The van der Waals surface area contributed by atoms with Crippen molar-refractivity contribution in [3.05, 3.63) is 32.9 Å². The van der Waals surface area contributed by atoms with Gasteiger partial charge in [0.2, 0.25) is 10.0 Å². The maximum atomic E-state index is 11.9. The van der Waals surface area contributed by atoms with Crippen LogP contribution in [0.1, 0.15) is 10.6 Å². The number of hydrogen-bond donors (Lipinski definition) is 2. The van der Waals surface area contributed by atoms with Crippen LogP contribution in [0.4, 0.5) is 0 Å². The van der Waals surface area contributed by atoms with Gasteiger partial charge < -0.3 is 5.11 Å². The molecule has 0 aromatic carbocycles. The fraction of sp³-hybridized carbons (Fsp3) is 0.300. The summed E-state index contributed by atoms with van der Waals surface area (Å²) in [5.74, 6) is 0. The molecule has 0 saturated carbocycles. The van der Waals surface area contributed by atoms with Crippen LogP contribution in [0.2, 0.25) is 0 Å². The number of nitrogens with zero attached hydrogens (tertiary/aromatic N) is 1. The maximum Gasteiger partial charge on any atom is 0.241 e. The zero-order valence-electron chi connectivity index (χ0n) is 9.37. The van der Waals surface area contributed by atoms with Crippen molar-refractivity contribution < 1.29 is 13.5 Å². The molecule has 98 valence electrons. The van der Waals surface area contributed by atoms with Crippen LogP contribution in [-0.2, 0) is 23.1 Å². The SMILES string of the molecule is O=S(=O)(NCCc1cscn1)c1csc(CO)c1. The smallest absolute Gasteiger partial charge is 0.241 e. The molecule has 0 saturated heterocycles. The largest absolute Gasteiger partial charge is 0.391 e. The van der Waals surface area contributed by atoms with Crippen LogP contribution in [0.25, 0.3) is 0 Å². The molecule has 2 aromatic rings. The van der Waals surface area contributed by atoms with E-state index in [-0.39, 0.29) is 11.5 Å². The van der Waals surface area contributed by atoms with Crippen molar-refractivity contribution >= 4 is 32.7 Å². The van der Waals surface area contributed by atoms with Crippen molar-refractivity contribution in [3.63, 3.8) is 0 Å². The van der Waals surface area contributed by atoms with Gasteiger partial charge in [0.05, 0.1) is 22.7 Å². The van der Waals surface area contributed by atoms with Crippen LogP contribution in [-0.4, -0.2) is 25.1 Å². The molecule has 18 heavy (non-hydrogen) atoms. The molecule has 0 bridgehead atoms. The minimum atomic E-state index is -3.48. The van der Waals surface area contributed by atoms with Crippen molar-refractivity contribution in [2.24, 2.45) is 0 Å². The van der Waals surface area contributed by atoms with Crippen LogP contribution in [0, 0.1) is 0 Å². The third kappa shape index (κ3) is 3.36. The Labute approximate surface area is 113 Å². The van der Waals surface area contributed by atoms with Gasteiger partial charge in [-0.25, -0.2) is 18.1 Å². The minimum Gasteiger partial charge on any atom is -0.391 e. The third-order valence-electron chi connectivity index (χ3n) is 2.25. The van der Waals surface area contributed by atoms with E-state index in [1.807, 2.05) is 5.38 Å². The molecule has 2 N–H and O–H groups in total. The van der Waals surface area contributed by atoms with Crippen molar-refractivity contribution in [2.75, 3.05) is 6.54 Å². The minimum absolute atomic E-state index is 0.140. The number of rotatable bonds is 6. The molecule has 0 aliphatic carbocycles. The first-order chi connectivity index (χ1) is 8.62. The van der Waals surface area contributed by atoms with Gasteiger partial charge in [0.25, 0.3) is 0 Å². The molecule has 0 aliphatic heterocycles. The lowest BCUT2D eigenvalue weighted by Gasteiger charge is -2.03. The summed E-state index contributed by atoms with van der Waals surface area (Å²) in [6.45, 7) is 0.176. The van der Waals surface area contributed by atoms with Gasteiger partial charge in [-0.1, -0.05) is 0 Å². The van der Waals surface area contributed by atoms with Crippen LogP contribution in [0.3, 0.4) is 0 Å². The van der Waals surface area contributed by atoms with Gasteiger partial charge in [-0.2, -0.15) is 0 Å². The molecule has 2 rings (SSSR count). The average molecular weight is 304 g/mol. The van der Waals surface area contributed by atoms with E-state index in [4.69, 9.17) is 5.11 Å². The Morgan fingerprint density at radius 3 is 2.83 bits per heavy atom. The third-order valence-corrected chi connectivity index (χ3v) is 5.40. The summed E-state index contributed by atoms with van der Waals surface area (Å²) < 4.78 is 26.3. The number of aromatic nitrogens is 1. The van der Waals surface area contributed by atoms with E-state index >= 15 is 0 Å². The second-order valence-electron chi connectivity index (χ2n) is 3.53. The van der Waals surface area contributed by atoms with Crippen LogP contribution in [0.15, 0.2) is 27.2 Å². The summed E-state index contributed by atoms with van der Waals surface area (Å²) in [6.07, 6.45) is 0.569. The van der Waals surface area contributed by atoms with E-state index in [0.717, 1.165) is 5.69 Å². The Hall–Kier alpha value is -0.800. The molecule has 0 spiro atoms. The molecule has 0 fully saturated rings. The molecule has 0 atom stereocenters. The van der Waals surface area contributed by atoms with Crippen molar-refractivity contribution in [1.82, 2.24) is 9.71 Å². The molecule has 8 heteroatoms. The van der Waals surface area contributed by atoms with Gasteiger partial charge in [-0.05, 0) is 6.07 Å². The molecule has 0 aliphatic rings. The molecular formula is C10H12N2O3S3. The highest BCUT2D eigenvalue weighted by atomic mass is 32.2. The highest BCUT2D eigenvalue weighted by molar-refractivity contribution is 7.89. The van der Waals surface area contributed by atoms with E-state index in [2.05, 4.69) is 9.71 Å². The van der Waals surface area contributed by atoms with Crippen LogP contribution >= 0.6 is 22.7 Å². The summed E-state index contributed by atoms with van der Waals surface area (Å²) in [5, 5.41) is 12.3. The van der Waals surface area contributed by atoms with Crippen molar-refractivity contribution in [3.8, 4) is 0 Å². The van der Waals surface area contributed by atoms with Gasteiger partial charge in [0, 0.05) is 28.6 Å². The Morgan fingerprint density at radius 2 is 2.22 bits per heavy atom. The van der Waals surface area contributed by atoms with Crippen molar-refractivity contribution in [2.45, 2.75) is 17.9 Å². The lowest BCUT2D eigenvalue weighted by Crippen LogP contribution is -2.25. The number of thiophene rings is 1. The second-order valence-corrected chi connectivity index (χ2v) is 7.02. The van der Waals surface area contributed by atoms with E-state index < -0.39 is 10.0 Å². The molecular weight excluding hydrogens is 292 g/mol. The Morgan fingerprint density at radius 1 is 1.39 bits per heavy atom. The fourth-order valence-corrected chi connectivity index (χ4v) is 4.10. The lowest BCUT2D eigenvalue weighted by atomic mass is 10.3. The molecule has 0 unspecified atom stereocenters. The molecule has 0 radical (unpaired) electrons. The van der Waals surface area contributed by atoms with Gasteiger partial charge >= 0.3 is 0 Å². The first kappa shape index (κ1) is 13.6. The number of thiazole rings is 1. The number of aliphatic hydroxyl groups is 1. The molecule has 0 amide bonds.